The van der Waals surface area contributed by atoms with Gasteiger partial charge in [-0.25, -0.2) is 4.57 Å². The fourth-order valence-corrected chi connectivity index (χ4v) is 9.03. The minimum atomic E-state index is -3.69. The summed E-state index contributed by atoms with van der Waals surface area (Å²) in [7, 11) is -4.25. The van der Waals surface area contributed by atoms with Crippen molar-refractivity contribution in [2.75, 3.05) is 37.9 Å². The summed E-state index contributed by atoms with van der Waals surface area (Å²) in [6, 6.07) is 0. The second-order valence-electron chi connectivity index (χ2n) is 6.95. The molecule has 4 nitrogen and oxygen atoms in total. The number of phosphoric ester groups is 1. The lowest BCUT2D eigenvalue weighted by Crippen LogP contribution is -2.12. The summed E-state index contributed by atoms with van der Waals surface area (Å²) in [6.45, 7) is 13.1. The summed E-state index contributed by atoms with van der Waals surface area (Å²) in [4.78, 5) is 8.63. The SMILES string of the molecule is CCCC[P+](CCCC)(CCCC)CCCC.CCOP(=O)(O)OCC. The van der Waals surface area contributed by atoms with E-state index in [0.717, 1.165) is 0 Å². The molecule has 0 aromatic heterocycles. The minimum Gasteiger partial charge on any atom is -0.302 e. The minimum absolute atomic E-state index is 0.188. The van der Waals surface area contributed by atoms with Gasteiger partial charge in [0.25, 0.3) is 0 Å². The fraction of sp³-hybridized carbons (Fsp3) is 1.00. The zero-order chi connectivity index (χ0) is 20.3. The number of hydrogen-bond acceptors (Lipinski definition) is 3. The van der Waals surface area contributed by atoms with Crippen molar-refractivity contribution in [3.63, 3.8) is 0 Å². The largest absolute Gasteiger partial charge is 0.472 e. The maximum Gasteiger partial charge on any atom is 0.472 e. The predicted molar refractivity (Wildman–Crippen MR) is 119 cm³/mol. The zero-order valence-corrected chi connectivity index (χ0v) is 20.3. The van der Waals surface area contributed by atoms with Crippen molar-refractivity contribution in [2.45, 2.75) is 92.9 Å². The van der Waals surface area contributed by atoms with Crippen LogP contribution in [-0.4, -0.2) is 42.8 Å². The molecule has 0 fully saturated rings. The molecule has 6 heteroatoms. The quantitative estimate of drug-likeness (QED) is 0.268. The van der Waals surface area contributed by atoms with Gasteiger partial charge >= 0.3 is 7.82 Å². The van der Waals surface area contributed by atoms with Crippen LogP contribution in [0.1, 0.15) is 92.9 Å². The fourth-order valence-electron chi connectivity index (χ4n) is 3.01. The lowest BCUT2D eigenvalue weighted by atomic mass is 10.4. The Morgan fingerprint density at radius 2 is 0.923 bits per heavy atom. The lowest BCUT2D eigenvalue weighted by molar-refractivity contribution is 0.161. The van der Waals surface area contributed by atoms with E-state index in [1.54, 1.807) is 38.5 Å². The molecular weight excluding hydrogens is 366 g/mol. The first-order valence-corrected chi connectivity index (χ1v) is 14.9. The molecule has 0 atom stereocenters. The Morgan fingerprint density at radius 1 is 0.654 bits per heavy atom. The van der Waals surface area contributed by atoms with E-state index < -0.39 is 15.1 Å². The van der Waals surface area contributed by atoms with E-state index in [-0.39, 0.29) is 13.2 Å². The monoisotopic (exact) mass is 413 g/mol. The third-order valence-electron chi connectivity index (χ3n) is 4.53. The summed E-state index contributed by atoms with van der Waals surface area (Å²) in [5, 5.41) is 0. The van der Waals surface area contributed by atoms with Crippen molar-refractivity contribution < 1.29 is 18.5 Å². The highest BCUT2D eigenvalue weighted by Crippen LogP contribution is 2.61. The lowest BCUT2D eigenvalue weighted by Gasteiger charge is -2.28. The van der Waals surface area contributed by atoms with E-state index in [0.29, 0.717) is 0 Å². The Kier molecular flexibility index (Phi) is 20.9. The van der Waals surface area contributed by atoms with Gasteiger partial charge in [0.15, 0.2) is 0 Å². The molecule has 1 N–H and O–H groups in total. The molecule has 0 rings (SSSR count). The highest BCUT2D eigenvalue weighted by Gasteiger charge is 2.34. The number of unbranched alkanes of at least 4 members (excludes halogenated alkanes) is 4. The number of rotatable bonds is 16. The van der Waals surface area contributed by atoms with E-state index in [1.165, 1.54) is 51.4 Å². The van der Waals surface area contributed by atoms with Crippen LogP contribution in [-0.2, 0) is 13.6 Å². The molecule has 0 aromatic rings. The van der Waals surface area contributed by atoms with Crippen LogP contribution in [0.3, 0.4) is 0 Å². The van der Waals surface area contributed by atoms with Crippen molar-refractivity contribution in [1.29, 1.82) is 0 Å². The highest BCUT2D eigenvalue weighted by molar-refractivity contribution is 7.75. The molecular formula is C20H47O4P2+. The number of hydrogen-bond donors (Lipinski definition) is 1. The molecule has 0 amide bonds. The first-order chi connectivity index (χ1) is 12.4. The van der Waals surface area contributed by atoms with E-state index in [1.807, 2.05) is 0 Å². The third-order valence-corrected chi connectivity index (χ3v) is 10.8. The topological polar surface area (TPSA) is 55.8 Å². The summed E-state index contributed by atoms with van der Waals surface area (Å²) in [6.07, 6.45) is 17.9. The Balaban J connectivity index is 0. The van der Waals surface area contributed by atoms with Crippen molar-refractivity contribution in [1.82, 2.24) is 0 Å². The van der Waals surface area contributed by atoms with Crippen LogP contribution >= 0.6 is 15.1 Å². The molecule has 0 saturated heterocycles. The van der Waals surface area contributed by atoms with Crippen molar-refractivity contribution >= 4 is 15.1 Å². The van der Waals surface area contributed by atoms with Crippen molar-refractivity contribution in [3.05, 3.63) is 0 Å². The molecule has 160 valence electrons. The normalized spacial score (nSPS) is 12.0. The van der Waals surface area contributed by atoms with Crippen LogP contribution < -0.4 is 0 Å². The third kappa shape index (κ3) is 16.7. The van der Waals surface area contributed by atoms with Gasteiger partial charge in [-0.3, -0.25) is 9.05 Å². The molecule has 0 spiro atoms. The average molecular weight is 414 g/mol. The second-order valence-corrected chi connectivity index (χ2v) is 12.9. The standard InChI is InChI=1S/C16H36P.C4H11O4P/c1-5-9-13-17(14-10-6-2,15-11-7-3)16-12-8-4;1-3-7-9(5,6)8-4-2/h5-16H2,1-4H3;3-4H2,1-2H3,(H,5,6)/q+1;. The van der Waals surface area contributed by atoms with Gasteiger partial charge in [0.1, 0.15) is 0 Å². The Bertz CT molecular complexity index is 290. The van der Waals surface area contributed by atoms with Gasteiger partial charge in [-0.15, -0.1) is 0 Å². The first-order valence-electron chi connectivity index (χ1n) is 10.8. The molecule has 0 unspecified atom stereocenters. The Morgan fingerprint density at radius 3 is 1.12 bits per heavy atom. The first kappa shape index (κ1) is 28.7. The Labute approximate surface area is 164 Å². The van der Waals surface area contributed by atoms with Gasteiger partial charge in [-0.1, -0.05) is 53.4 Å². The van der Waals surface area contributed by atoms with Gasteiger partial charge in [-0.05, 0) is 39.5 Å². The van der Waals surface area contributed by atoms with Crippen LogP contribution in [0.25, 0.3) is 0 Å². The molecule has 0 saturated carbocycles. The van der Waals surface area contributed by atoms with Gasteiger partial charge in [-0.2, -0.15) is 0 Å². The molecule has 0 aliphatic heterocycles. The summed E-state index contributed by atoms with van der Waals surface area (Å²) in [5.41, 5.74) is 0. The maximum absolute atomic E-state index is 10.5. The van der Waals surface area contributed by atoms with E-state index in [2.05, 4.69) is 36.7 Å². The zero-order valence-electron chi connectivity index (χ0n) is 18.5. The summed E-state index contributed by atoms with van der Waals surface area (Å²) in [5.74, 6) is 0. The van der Waals surface area contributed by atoms with E-state index in [4.69, 9.17) is 4.89 Å². The molecule has 26 heavy (non-hydrogen) atoms. The molecule has 0 heterocycles. The molecule has 0 bridgehead atoms. The van der Waals surface area contributed by atoms with Gasteiger partial charge in [0.2, 0.25) is 0 Å². The molecule has 0 aromatic carbocycles. The van der Waals surface area contributed by atoms with Crippen molar-refractivity contribution in [2.24, 2.45) is 0 Å². The summed E-state index contributed by atoms with van der Waals surface area (Å²) >= 11 is 0. The highest BCUT2D eigenvalue weighted by atomic mass is 31.2. The summed E-state index contributed by atoms with van der Waals surface area (Å²) < 4.78 is 19.2. The average Bonchev–Trinajstić information content (AvgIpc) is 2.61. The number of phosphoric acid groups is 1. The Hall–Kier alpha value is 0.540. The molecule has 0 aliphatic rings. The van der Waals surface area contributed by atoms with E-state index >= 15 is 0 Å². The van der Waals surface area contributed by atoms with Crippen LogP contribution in [0.15, 0.2) is 0 Å². The van der Waals surface area contributed by atoms with Gasteiger partial charge < -0.3 is 4.89 Å². The van der Waals surface area contributed by atoms with Crippen LogP contribution in [0.4, 0.5) is 0 Å². The van der Waals surface area contributed by atoms with Crippen LogP contribution in [0.5, 0.6) is 0 Å². The maximum atomic E-state index is 10.5. The van der Waals surface area contributed by atoms with Gasteiger partial charge in [0.05, 0.1) is 37.9 Å². The van der Waals surface area contributed by atoms with Crippen LogP contribution in [0.2, 0.25) is 0 Å². The molecule has 0 aliphatic carbocycles. The van der Waals surface area contributed by atoms with E-state index in [9.17, 15) is 4.57 Å². The van der Waals surface area contributed by atoms with Gasteiger partial charge in [0, 0.05) is 7.26 Å². The predicted octanol–water partition coefficient (Wildman–Crippen LogP) is 7.36. The van der Waals surface area contributed by atoms with Crippen LogP contribution in [0, 0.1) is 0 Å². The molecule has 0 radical (unpaired) electrons. The van der Waals surface area contributed by atoms with Crippen molar-refractivity contribution in [3.8, 4) is 0 Å². The second kappa shape index (κ2) is 18.9. The smallest absolute Gasteiger partial charge is 0.302 e.